The zero-order valence-electron chi connectivity index (χ0n) is 17.4. The molecule has 0 aromatic heterocycles. The summed E-state index contributed by atoms with van der Waals surface area (Å²) in [6.45, 7) is 25.0. The van der Waals surface area contributed by atoms with Crippen LogP contribution in [0.4, 0.5) is 0 Å². The lowest BCUT2D eigenvalue weighted by Crippen LogP contribution is -2.46. The normalized spacial score (nSPS) is 13.0. The monoisotopic (exact) mass is 328 g/mol. The Kier molecular flexibility index (Phi) is 12.2. The minimum Gasteiger partial charge on any atom is -0.313 e. The predicted molar refractivity (Wildman–Crippen MR) is 104 cm³/mol. The van der Waals surface area contributed by atoms with Gasteiger partial charge in [-0.15, -0.1) is 0 Å². The SMILES string of the molecule is CC(C)NCCN(CCN(C)C(C)C)CCN(C(C)C)C(C)C. The summed E-state index contributed by atoms with van der Waals surface area (Å²) in [6.07, 6.45) is 0. The van der Waals surface area contributed by atoms with Crippen LogP contribution in [-0.4, -0.2) is 85.2 Å². The third-order valence-corrected chi connectivity index (χ3v) is 4.63. The van der Waals surface area contributed by atoms with E-state index in [1.165, 1.54) is 0 Å². The van der Waals surface area contributed by atoms with E-state index >= 15 is 0 Å². The fraction of sp³-hybridized carbons (Fsp3) is 1.00. The second-order valence-electron chi connectivity index (χ2n) is 7.95. The first kappa shape index (κ1) is 22.8. The van der Waals surface area contributed by atoms with Gasteiger partial charge in [0.1, 0.15) is 0 Å². The summed E-state index contributed by atoms with van der Waals surface area (Å²) in [5.41, 5.74) is 0. The quantitative estimate of drug-likeness (QED) is 0.561. The molecule has 0 amide bonds. The molecule has 0 heterocycles. The number of likely N-dealkylation sites (N-methyl/N-ethyl adjacent to an activating group) is 1. The molecule has 0 bridgehead atoms. The van der Waals surface area contributed by atoms with Crippen molar-refractivity contribution in [1.29, 1.82) is 0 Å². The lowest BCUT2D eigenvalue weighted by atomic mass is 10.2. The van der Waals surface area contributed by atoms with Crippen LogP contribution in [0.2, 0.25) is 0 Å². The molecule has 0 radical (unpaired) electrons. The molecule has 0 spiro atoms. The largest absolute Gasteiger partial charge is 0.313 e. The zero-order valence-corrected chi connectivity index (χ0v) is 17.4. The topological polar surface area (TPSA) is 21.8 Å². The molecule has 0 saturated carbocycles. The van der Waals surface area contributed by atoms with Gasteiger partial charge < -0.3 is 10.2 Å². The van der Waals surface area contributed by atoms with Crippen molar-refractivity contribution in [3.8, 4) is 0 Å². The highest BCUT2D eigenvalue weighted by atomic mass is 15.2. The van der Waals surface area contributed by atoms with E-state index in [4.69, 9.17) is 0 Å². The lowest BCUT2D eigenvalue weighted by molar-refractivity contribution is 0.134. The van der Waals surface area contributed by atoms with Gasteiger partial charge >= 0.3 is 0 Å². The van der Waals surface area contributed by atoms with Crippen LogP contribution < -0.4 is 5.32 Å². The molecule has 1 N–H and O–H groups in total. The molecule has 0 aromatic carbocycles. The Hall–Kier alpha value is -0.160. The number of nitrogens with zero attached hydrogens (tertiary/aromatic N) is 3. The van der Waals surface area contributed by atoms with Gasteiger partial charge in [0.25, 0.3) is 0 Å². The van der Waals surface area contributed by atoms with Gasteiger partial charge in [-0.05, 0) is 48.6 Å². The minimum atomic E-state index is 0.568. The molecular weight excluding hydrogens is 284 g/mol. The van der Waals surface area contributed by atoms with Crippen LogP contribution in [0.25, 0.3) is 0 Å². The molecule has 0 aliphatic carbocycles. The van der Waals surface area contributed by atoms with Gasteiger partial charge in [0.2, 0.25) is 0 Å². The number of nitrogens with one attached hydrogen (secondary N) is 1. The number of hydrogen-bond donors (Lipinski definition) is 1. The van der Waals surface area contributed by atoms with Gasteiger partial charge in [-0.25, -0.2) is 0 Å². The Morgan fingerprint density at radius 3 is 1.61 bits per heavy atom. The van der Waals surface area contributed by atoms with E-state index in [-0.39, 0.29) is 0 Å². The molecule has 23 heavy (non-hydrogen) atoms. The van der Waals surface area contributed by atoms with Crippen LogP contribution in [0.15, 0.2) is 0 Å². The zero-order chi connectivity index (χ0) is 18.0. The Labute approximate surface area is 146 Å². The van der Waals surface area contributed by atoms with E-state index in [9.17, 15) is 0 Å². The van der Waals surface area contributed by atoms with E-state index in [1.54, 1.807) is 0 Å². The fourth-order valence-corrected chi connectivity index (χ4v) is 2.77. The van der Waals surface area contributed by atoms with E-state index in [0.29, 0.717) is 24.2 Å². The summed E-state index contributed by atoms with van der Waals surface area (Å²) >= 11 is 0. The molecule has 0 atom stereocenters. The van der Waals surface area contributed by atoms with E-state index in [2.05, 4.69) is 82.5 Å². The van der Waals surface area contributed by atoms with Crippen molar-refractivity contribution in [1.82, 2.24) is 20.0 Å². The van der Waals surface area contributed by atoms with Gasteiger partial charge in [0, 0.05) is 63.4 Å². The van der Waals surface area contributed by atoms with Crippen molar-refractivity contribution in [2.75, 3.05) is 46.3 Å². The highest BCUT2D eigenvalue weighted by Gasteiger charge is 2.15. The summed E-state index contributed by atoms with van der Waals surface area (Å²) in [5.74, 6) is 0. The number of hydrogen-bond acceptors (Lipinski definition) is 4. The second-order valence-corrected chi connectivity index (χ2v) is 7.95. The summed E-state index contributed by atoms with van der Waals surface area (Å²) in [4.78, 5) is 7.65. The minimum absolute atomic E-state index is 0.568. The van der Waals surface area contributed by atoms with Crippen molar-refractivity contribution in [2.45, 2.75) is 79.6 Å². The maximum absolute atomic E-state index is 3.55. The molecular formula is C19H44N4. The second kappa shape index (κ2) is 12.2. The Morgan fingerprint density at radius 2 is 1.17 bits per heavy atom. The van der Waals surface area contributed by atoms with Crippen LogP contribution >= 0.6 is 0 Å². The first-order valence-electron chi connectivity index (χ1n) is 9.56. The Balaban J connectivity index is 4.45. The summed E-state index contributed by atoms with van der Waals surface area (Å²) in [5, 5.41) is 3.55. The van der Waals surface area contributed by atoms with Crippen LogP contribution in [0.5, 0.6) is 0 Å². The predicted octanol–water partition coefficient (Wildman–Crippen LogP) is 2.75. The molecule has 0 aromatic rings. The first-order valence-corrected chi connectivity index (χ1v) is 9.56. The van der Waals surface area contributed by atoms with E-state index in [0.717, 1.165) is 39.3 Å². The molecule has 0 unspecified atom stereocenters. The summed E-state index contributed by atoms with van der Waals surface area (Å²) < 4.78 is 0. The standard InChI is InChI=1S/C19H44N4/c1-16(2)20-10-11-22(13-12-21(9)17(3)4)14-15-23(18(5)6)19(7)8/h16-20H,10-15H2,1-9H3. The molecule has 0 aliphatic rings. The van der Waals surface area contributed by atoms with Crippen molar-refractivity contribution in [3.63, 3.8) is 0 Å². The molecule has 0 fully saturated rings. The van der Waals surface area contributed by atoms with Gasteiger partial charge in [0.15, 0.2) is 0 Å². The highest BCUT2D eigenvalue weighted by Crippen LogP contribution is 2.05. The maximum atomic E-state index is 3.55. The van der Waals surface area contributed by atoms with Crippen molar-refractivity contribution in [3.05, 3.63) is 0 Å². The summed E-state index contributed by atoms with van der Waals surface area (Å²) in [7, 11) is 2.23. The third-order valence-electron chi connectivity index (χ3n) is 4.63. The van der Waals surface area contributed by atoms with E-state index in [1.807, 2.05) is 0 Å². The van der Waals surface area contributed by atoms with Gasteiger partial charge in [-0.3, -0.25) is 9.80 Å². The summed E-state index contributed by atoms with van der Waals surface area (Å²) in [6, 6.07) is 2.42. The van der Waals surface area contributed by atoms with Crippen LogP contribution in [0.3, 0.4) is 0 Å². The molecule has 0 aliphatic heterocycles. The van der Waals surface area contributed by atoms with Crippen molar-refractivity contribution < 1.29 is 0 Å². The highest BCUT2D eigenvalue weighted by molar-refractivity contribution is 4.72. The van der Waals surface area contributed by atoms with Crippen LogP contribution in [0.1, 0.15) is 55.4 Å². The van der Waals surface area contributed by atoms with Crippen LogP contribution in [-0.2, 0) is 0 Å². The van der Waals surface area contributed by atoms with Gasteiger partial charge in [-0.1, -0.05) is 13.8 Å². The average Bonchev–Trinajstić information content (AvgIpc) is 2.42. The first-order chi connectivity index (χ1) is 10.6. The maximum Gasteiger partial charge on any atom is 0.0115 e. The Bertz CT molecular complexity index is 269. The Morgan fingerprint density at radius 1 is 0.652 bits per heavy atom. The third kappa shape index (κ3) is 11.1. The number of rotatable bonds is 13. The molecule has 4 heteroatoms. The van der Waals surface area contributed by atoms with Crippen molar-refractivity contribution in [2.24, 2.45) is 0 Å². The molecule has 140 valence electrons. The smallest absolute Gasteiger partial charge is 0.0115 e. The van der Waals surface area contributed by atoms with Gasteiger partial charge in [-0.2, -0.15) is 0 Å². The van der Waals surface area contributed by atoms with Crippen molar-refractivity contribution >= 4 is 0 Å². The molecule has 0 saturated heterocycles. The lowest BCUT2D eigenvalue weighted by Gasteiger charge is -2.34. The fourth-order valence-electron chi connectivity index (χ4n) is 2.77. The average molecular weight is 329 g/mol. The molecule has 0 rings (SSSR count). The van der Waals surface area contributed by atoms with E-state index < -0.39 is 0 Å². The van der Waals surface area contributed by atoms with Gasteiger partial charge in [0.05, 0.1) is 0 Å². The molecule has 4 nitrogen and oxygen atoms in total. The van der Waals surface area contributed by atoms with Crippen LogP contribution in [0, 0.1) is 0 Å².